The second-order valence-electron chi connectivity index (χ2n) is 4.08. The lowest BCUT2D eigenvalue weighted by Crippen LogP contribution is -2.09. The minimum Gasteiger partial charge on any atom is -0.481 e. The summed E-state index contributed by atoms with van der Waals surface area (Å²) >= 11 is 0. The summed E-state index contributed by atoms with van der Waals surface area (Å²) in [4.78, 5) is 10.8. The van der Waals surface area contributed by atoms with Crippen molar-refractivity contribution in [2.75, 3.05) is 0 Å². The van der Waals surface area contributed by atoms with E-state index in [2.05, 4.69) is 15.5 Å². The van der Waals surface area contributed by atoms with Crippen LogP contribution in [0, 0.1) is 0 Å². The highest BCUT2D eigenvalue weighted by atomic mass is 16.4. The van der Waals surface area contributed by atoms with Gasteiger partial charge < -0.3 is 5.11 Å². The Morgan fingerprint density at radius 3 is 2.79 bits per heavy atom. The Morgan fingerprint density at radius 1 is 1.16 bits per heavy atom. The first-order valence-corrected chi connectivity index (χ1v) is 5.73. The molecule has 0 amide bonds. The number of nitrogens with zero attached hydrogens (tertiary/aromatic N) is 4. The summed E-state index contributed by atoms with van der Waals surface area (Å²) in [5, 5.41) is 22.1. The Kier molecular flexibility index (Phi) is 2.68. The lowest BCUT2D eigenvalue weighted by Gasteiger charge is -2.07. The van der Waals surface area contributed by atoms with Gasteiger partial charge in [0, 0.05) is 5.39 Å². The van der Waals surface area contributed by atoms with Crippen molar-refractivity contribution in [3.05, 3.63) is 48.3 Å². The zero-order chi connectivity index (χ0) is 13.2. The molecule has 0 aliphatic heterocycles. The molecule has 0 atom stereocenters. The molecule has 1 heterocycles. The van der Waals surface area contributed by atoms with Crippen LogP contribution in [0.3, 0.4) is 0 Å². The number of hydrogen-bond donors (Lipinski definition) is 1. The molecule has 6 nitrogen and oxygen atoms in total. The van der Waals surface area contributed by atoms with Gasteiger partial charge in [-0.05, 0) is 21.9 Å². The van der Waals surface area contributed by atoms with Crippen LogP contribution in [0.5, 0.6) is 0 Å². The molecule has 1 N–H and O–H groups in total. The molecule has 0 aliphatic rings. The fourth-order valence-electron chi connectivity index (χ4n) is 2.03. The second kappa shape index (κ2) is 4.49. The number of rotatable bonds is 3. The molecule has 0 spiro atoms. The van der Waals surface area contributed by atoms with Crippen LogP contribution in [-0.2, 0) is 11.2 Å². The van der Waals surface area contributed by atoms with Crippen LogP contribution in [0.15, 0.2) is 42.5 Å². The van der Waals surface area contributed by atoms with Gasteiger partial charge >= 0.3 is 5.97 Å². The Balaban J connectivity index is 2.20. The van der Waals surface area contributed by atoms with E-state index in [-0.39, 0.29) is 6.42 Å². The quantitative estimate of drug-likeness (QED) is 0.765. The number of carboxylic acid groups (broad SMARTS) is 1. The highest BCUT2D eigenvalue weighted by Crippen LogP contribution is 2.21. The van der Waals surface area contributed by atoms with Gasteiger partial charge in [0.25, 0.3) is 0 Å². The Bertz CT molecular complexity index is 746. The summed E-state index contributed by atoms with van der Waals surface area (Å²) in [6, 6.07) is 13.6. The van der Waals surface area contributed by atoms with Crippen LogP contribution in [0.4, 0.5) is 0 Å². The van der Waals surface area contributed by atoms with Crippen molar-refractivity contribution < 1.29 is 9.90 Å². The van der Waals surface area contributed by atoms with Gasteiger partial charge in [-0.2, -0.15) is 4.68 Å². The average molecular weight is 254 g/mol. The van der Waals surface area contributed by atoms with Gasteiger partial charge in [-0.1, -0.05) is 36.4 Å². The molecule has 6 heteroatoms. The molecule has 0 unspecified atom stereocenters. The molecule has 0 saturated carbocycles. The van der Waals surface area contributed by atoms with E-state index in [1.165, 1.54) is 4.68 Å². The third-order valence-electron chi connectivity index (χ3n) is 2.84. The summed E-state index contributed by atoms with van der Waals surface area (Å²) in [7, 11) is 0. The first kappa shape index (κ1) is 11.3. The zero-order valence-corrected chi connectivity index (χ0v) is 9.89. The van der Waals surface area contributed by atoms with Gasteiger partial charge in [0.15, 0.2) is 5.82 Å². The Morgan fingerprint density at radius 2 is 1.95 bits per heavy atom. The van der Waals surface area contributed by atoms with Crippen molar-refractivity contribution in [3.8, 4) is 5.69 Å². The minimum absolute atomic E-state index is 0.212. The fourth-order valence-corrected chi connectivity index (χ4v) is 2.03. The summed E-state index contributed by atoms with van der Waals surface area (Å²) < 4.78 is 1.47. The SMILES string of the molecule is O=C(O)Cc1nnnn1-c1cccc2ccccc12. The van der Waals surface area contributed by atoms with Crippen LogP contribution < -0.4 is 0 Å². The van der Waals surface area contributed by atoms with E-state index < -0.39 is 5.97 Å². The third-order valence-corrected chi connectivity index (χ3v) is 2.84. The lowest BCUT2D eigenvalue weighted by atomic mass is 10.1. The molecule has 0 saturated heterocycles. The Hall–Kier alpha value is -2.76. The van der Waals surface area contributed by atoms with Gasteiger partial charge in [-0.25, -0.2) is 0 Å². The summed E-state index contributed by atoms with van der Waals surface area (Å²) in [6.07, 6.45) is -0.212. The van der Waals surface area contributed by atoms with Crippen molar-refractivity contribution in [1.29, 1.82) is 0 Å². The first-order valence-electron chi connectivity index (χ1n) is 5.73. The van der Waals surface area contributed by atoms with Crippen LogP contribution in [0.1, 0.15) is 5.82 Å². The highest BCUT2D eigenvalue weighted by Gasteiger charge is 2.13. The third kappa shape index (κ3) is 2.03. The molecule has 3 aromatic rings. The second-order valence-corrected chi connectivity index (χ2v) is 4.08. The highest BCUT2D eigenvalue weighted by molar-refractivity contribution is 5.90. The van der Waals surface area contributed by atoms with Crippen molar-refractivity contribution in [2.45, 2.75) is 6.42 Å². The normalized spacial score (nSPS) is 10.7. The topological polar surface area (TPSA) is 80.9 Å². The van der Waals surface area contributed by atoms with Gasteiger partial charge in [-0.3, -0.25) is 4.79 Å². The standard InChI is InChI=1S/C13H10N4O2/c18-13(19)8-12-14-15-16-17(12)11-7-3-5-9-4-1-2-6-10(9)11/h1-7H,8H2,(H,18,19). The lowest BCUT2D eigenvalue weighted by molar-refractivity contribution is -0.136. The average Bonchev–Trinajstić information content (AvgIpc) is 2.85. The van der Waals surface area contributed by atoms with Crippen molar-refractivity contribution in [1.82, 2.24) is 20.2 Å². The monoisotopic (exact) mass is 254 g/mol. The van der Waals surface area contributed by atoms with E-state index in [0.717, 1.165) is 16.5 Å². The van der Waals surface area contributed by atoms with Crippen molar-refractivity contribution in [2.24, 2.45) is 0 Å². The van der Waals surface area contributed by atoms with Gasteiger partial charge in [0.05, 0.1) is 5.69 Å². The van der Waals surface area contributed by atoms with Crippen molar-refractivity contribution in [3.63, 3.8) is 0 Å². The van der Waals surface area contributed by atoms with E-state index >= 15 is 0 Å². The number of hydrogen-bond acceptors (Lipinski definition) is 4. The molecule has 0 radical (unpaired) electrons. The largest absolute Gasteiger partial charge is 0.481 e. The van der Waals surface area contributed by atoms with E-state index in [9.17, 15) is 4.79 Å². The van der Waals surface area contributed by atoms with E-state index in [4.69, 9.17) is 5.11 Å². The van der Waals surface area contributed by atoms with Crippen LogP contribution >= 0.6 is 0 Å². The molecule has 2 aromatic carbocycles. The van der Waals surface area contributed by atoms with Crippen LogP contribution in [-0.4, -0.2) is 31.3 Å². The van der Waals surface area contributed by atoms with Crippen LogP contribution in [0.2, 0.25) is 0 Å². The van der Waals surface area contributed by atoms with E-state index in [1.54, 1.807) is 0 Å². The van der Waals surface area contributed by atoms with Gasteiger partial charge in [-0.15, -0.1) is 5.10 Å². The number of aromatic nitrogens is 4. The molecule has 19 heavy (non-hydrogen) atoms. The minimum atomic E-state index is -0.962. The number of aliphatic carboxylic acids is 1. The number of carboxylic acids is 1. The first-order chi connectivity index (χ1) is 9.25. The molecule has 0 bridgehead atoms. The molecule has 0 aliphatic carbocycles. The maximum absolute atomic E-state index is 10.8. The maximum atomic E-state index is 10.8. The number of tetrazole rings is 1. The van der Waals surface area contributed by atoms with Gasteiger partial charge in [0.1, 0.15) is 6.42 Å². The molecule has 0 fully saturated rings. The zero-order valence-electron chi connectivity index (χ0n) is 9.89. The number of fused-ring (bicyclic) bond motifs is 1. The molecule has 94 valence electrons. The molecule has 1 aromatic heterocycles. The number of benzene rings is 2. The predicted octanol–water partition coefficient (Wildman–Crippen LogP) is 1.44. The van der Waals surface area contributed by atoms with Crippen LogP contribution in [0.25, 0.3) is 16.5 Å². The van der Waals surface area contributed by atoms with Gasteiger partial charge in [0.2, 0.25) is 0 Å². The van der Waals surface area contributed by atoms with Crippen molar-refractivity contribution >= 4 is 16.7 Å². The smallest absolute Gasteiger partial charge is 0.311 e. The predicted molar refractivity (Wildman–Crippen MR) is 68.0 cm³/mol. The molecule has 3 rings (SSSR count). The Labute approximate surface area is 108 Å². The molecular formula is C13H10N4O2. The maximum Gasteiger partial charge on any atom is 0.311 e. The fraction of sp³-hybridized carbons (Fsp3) is 0.0769. The number of carbonyl (C=O) groups is 1. The van der Waals surface area contributed by atoms with E-state index in [1.807, 2.05) is 42.5 Å². The summed E-state index contributed by atoms with van der Waals surface area (Å²) in [6.45, 7) is 0. The summed E-state index contributed by atoms with van der Waals surface area (Å²) in [5.74, 6) is -0.653. The molecular weight excluding hydrogens is 244 g/mol. The van der Waals surface area contributed by atoms with E-state index in [0.29, 0.717) is 5.82 Å². The summed E-state index contributed by atoms with van der Waals surface area (Å²) in [5.41, 5.74) is 0.777.